The SMILES string of the molecule is Cn1cnc2cc(C(F)(F)C(F)(F)F)ncc21. The Kier molecular flexibility index (Phi) is 2.33. The zero-order valence-electron chi connectivity index (χ0n) is 8.46. The number of alkyl halides is 5. The van der Waals surface area contributed by atoms with Crippen molar-refractivity contribution in [2.75, 3.05) is 0 Å². The molecule has 0 spiro atoms. The molecule has 8 heteroatoms. The fourth-order valence-electron chi connectivity index (χ4n) is 1.34. The van der Waals surface area contributed by atoms with Gasteiger partial charge >= 0.3 is 12.1 Å². The average molecular weight is 251 g/mol. The Labute approximate surface area is 91.9 Å². The summed E-state index contributed by atoms with van der Waals surface area (Å²) in [5, 5.41) is 0. The highest BCUT2D eigenvalue weighted by atomic mass is 19.4. The number of hydrogen-bond donors (Lipinski definition) is 0. The van der Waals surface area contributed by atoms with Crippen LogP contribution in [0.15, 0.2) is 18.6 Å². The van der Waals surface area contributed by atoms with E-state index in [9.17, 15) is 22.0 Å². The molecule has 0 bridgehead atoms. The van der Waals surface area contributed by atoms with E-state index in [4.69, 9.17) is 0 Å². The van der Waals surface area contributed by atoms with Crippen molar-refractivity contribution in [2.45, 2.75) is 12.1 Å². The topological polar surface area (TPSA) is 30.7 Å². The summed E-state index contributed by atoms with van der Waals surface area (Å²) in [7, 11) is 1.58. The molecular formula is C9H6F5N3. The first-order valence-electron chi connectivity index (χ1n) is 4.45. The Hall–Kier alpha value is -1.73. The fraction of sp³-hybridized carbons (Fsp3) is 0.333. The molecule has 0 saturated heterocycles. The van der Waals surface area contributed by atoms with Gasteiger partial charge < -0.3 is 4.57 Å². The number of aromatic nitrogens is 3. The summed E-state index contributed by atoms with van der Waals surface area (Å²) in [6.07, 6.45) is -3.42. The largest absolute Gasteiger partial charge is 0.459 e. The first-order chi connectivity index (χ1) is 7.73. The van der Waals surface area contributed by atoms with Crippen molar-refractivity contribution in [3.05, 3.63) is 24.3 Å². The monoisotopic (exact) mass is 251 g/mol. The molecule has 2 rings (SSSR count). The second-order valence-electron chi connectivity index (χ2n) is 3.49. The van der Waals surface area contributed by atoms with Crippen LogP contribution in [-0.4, -0.2) is 20.7 Å². The molecule has 17 heavy (non-hydrogen) atoms. The molecule has 0 atom stereocenters. The molecule has 0 aliphatic rings. The van der Waals surface area contributed by atoms with Gasteiger partial charge in [-0.25, -0.2) is 4.98 Å². The van der Waals surface area contributed by atoms with Gasteiger partial charge in [-0.2, -0.15) is 22.0 Å². The van der Waals surface area contributed by atoms with E-state index in [1.807, 2.05) is 0 Å². The van der Waals surface area contributed by atoms with Crippen molar-refractivity contribution in [2.24, 2.45) is 7.05 Å². The maximum absolute atomic E-state index is 13.0. The highest BCUT2D eigenvalue weighted by Crippen LogP contribution is 2.43. The van der Waals surface area contributed by atoms with Gasteiger partial charge in [-0.15, -0.1) is 0 Å². The van der Waals surface area contributed by atoms with E-state index in [2.05, 4.69) is 9.97 Å². The third-order valence-corrected chi connectivity index (χ3v) is 2.29. The van der Waals surface area contributed by atoms with Crippen molar-refractivity contribution in [3.8, 4) is 0 Å². The summed E-state index contributed by atoms with van der Waals surface area (Å²) < 4.78 is 63.7. The van der Waals surface area contributed by atoms with Gasteiger partial charge in [-0.05, 0) is 6.07 Å². The highest BCUT2D eigenvalue weighted by Gasteiger charge is 2.60. The van der Waals surface area contributed by atoms with Gasteiger partial charge in [0.25, 0.3) is 0 Å². The van der Waals surface area contributed by atoms with Gasteiger partial charge in [0.2, 0.25) is 0 Å². The second-order valence-corrected chi connectivity index (χ2v) is 3.49. The summed E-state index contributed by atoms with van der Waals surface area (Å²) >= 11 is 0. The number of imidazole rings is 1. The summed E-state index contributed by atoms with van der Waals surface area (Å²) in [4.78, 5) is 6.84. The molecule has 2 aromatic rings. The minimum absolute atomic E-state index is 0.0430. The summed E-state index contributed by atoms with van der Waals surface area (Å²) in [5.74, 6) is -4.97. The van der Waals surface area contributed by atoms with Crippen molar-refractivity contribution in [1.29, 1.82) is 0 Å². The van der Waals surface area contributed by atoms with Crippen molar-refractivity contribution in [1.82, 2.24) is 14.5 Å². The molecule has 0 aliphatic carbocycles. The molecule has 0 radical (unpaired) electrons. The molecule has 0 aliphatic heterocycles. The lowest BCUT2D eigenvalue weighted by Gasteiger charge is -2.18. The summed E-state index contributed by atoms with van der Waals surface area (Å²) in [6, 6.07) is 0.642. The van der Waals surface area contributed by atoms with Crippen LogP contribution in [0, 0.1) is 0 Å². The van der Waals surface area contributed by atoms with Crippen LogP contribution in [0.25, 0.3) is 11.0 Å². The number of halogens is 5. The summed E-state index contributed by atoms with van der Waals surface area (Å²) in [5.41, 5.74) is -0.927. The van der Waals surface area contributed by atoms with E-state index in [1.165, 1.54) is 10.9 Å². The molecule has 92 valence electrons. The van der Waals surface area contributed by atoms with E-state index in [0.717, 1.165) is 6.20 Å². The zero-order chi connectivity index (χ0) is 12.8. The lowest BCUT2D eigenvalue weighted by molar-refractivity contribution is -0.290. The Morgan fingerprint density at radius 3 is 2.35 bits per heavy atom. The number of aryl methyl sites for hydroxylation is 1. The third-order valence-electron chi connectivity index (χ3n) is 2.29. The zero-order valence-corrected chi connectivity index (χ0v) is 8.46. The smallest absolute Gasteiger partial charge is 0.332 e. The fourth-order valence-corrected chi connectivity index (χ4v) is 1.34. The number of fused-ring (bicyclic) bond motifs is 1. The van der Waals surface area contributed by atoms with Gasteiger partial charge in [0.15, 0.2) is 0 Å². The standard InChI is InChI=1S/C9H6F5N3/c1-17-4-16-5-2-7(15-3-6(5)17)8(10,11)9(12,13)14/h2-4H,1H3. The number of rotatable bonds is 1. The van der Waals surface area contributed by atoms with Crippen LogP contribution < -0.4 is 0 Å². The molecular weight excluding hydrogens is 245 g/mol. The lowest BCUT2D eigenvalue weighted by atomic mass is 10.2. The van der Waals surface area contributed by atoms with Gasteiger partial charge in [0.1, 0.15) is 5.69 Å². The van der Waals surface area contributed by atoms with Crippen molar-refractivity contribution in [3.63, 3.8) is 0 Å². The van der Waals surface area contributed by atoms with Gasteiger partial charge in [-0.1, -0.05) is 0 Å². The molecule has 2 heterocycles. The van der Waals surface area contributed by atoms with E-state index in [0.29, 0.717) is 11.6 Å². The molecule has 2 aromatic heterocycles. The second kappa shape index (κ2) is 3.38. The van der Waals surface area contributed by atoms with Gasteiger partial charge in [-0.3, -0.25) is 4.98 Å². The Bertz CT molecular complexity index is 557. The Morgan fingerprint density at radius 1 is 1.12 bits per heavy atom. The van der Waals surface area contributed by atoms with Gasteiger partial charge in [0, 0.05) is 7.05 Å². The first-order valence-corrected chi connectivity index (χ1v) is 4.45. The predicted molar refractivity (Wildman–Crippen MR) is 48.5 cm³/mol. The van der Waals surface area contributed by atoms with Crippen LogP contribution in [-0.2, 0) is 13.0 Å². The van der Waals surface area contributed by atoms with E-state index >= 15 is 0 Å². The van der Waals surface area contributed by atoms with Crippen molar-refractivity contribution < 1.29 is 22.0 Å². The minimum Gasteiger partial charge on any atom is -0.332 e. The quantitative estimate of drug-likeness (QED) is 0.729. The maximum atomic E-state index is 13.0. The minimum atomic E-state index is -5.66. The molecule has 0 unspecified atom stereocenters. The van der Waals surface area contributed by atoms with Crippen LogP contribution in [0.1, 0.15) is 5.69 Å². The molecule has 0 saturated carbocycles. The molecule has 0 fully saturated rings. The van der Waals surface area contributed by atoms with Crippen molar-refractivity contribution >= 4 is 11.0 Å². The Morgan fingerprint density at radius 2 is 1.76 bits per heavy atom. The number of pyridine rings is 1. The van der Waals surface area contributed by atoms with Crippen LogP contribution in [0.5, 0.6) is 0 Å². The first kappa shape index (κ1) is 11.7. The van der Waals surface area contributed by atoms with Gasteiger partial charge in [0.05, 0.1) is 23.6 Å². The molecule has 0 amide bonds. The van der Waals surface area contributed by atoms with Crippen LogP contribution in [0.2, 0.25) is 0 Å². The van der Waals surface area contributed by atoms with Crippen LogP contribution in [0.4, 0.5) is 22.0 Å². The Balaban J connectivity index is 2.57. The van der Waals surface area contributed by atoms with Crippen LogP contribution >= 0.6 is 0 Å². The van der Waals surface area contributed by atoms with E-state index in [1.54, 1.807) is 7.05 Å². The van der Waals surface area contributed by atoms with E-state index < -0.39 is 17.8 Å². The maximum Gasteiger partial charge on any atom is 0.459 e. The molecule has 0 N–H and O–H groups in total. The number of hydrogen-bond acceptors (Lipinski definition) is 2. The third kappa shape index (κ3) is 1.73. The normalized spacial score (nSPS) is 13.3. The summed E-state index contributed by atoms with van der Waals surface area (Å²) in [6.45, 7) is 0. The predicted octanol–water partition coefficient (Wildman–Crippen LogP) is 2.62. The molecule has 0 aromatic carbocycles. The lowest BCUT2D eigenvalue weighted by Crippen LogP contribution is -2.34. The number of nitrogens with zero attached hydrogens (tertiary/aromatic N) is 3. The molecule has 3 nitrogen and oxygen atoms in total. The van der Waals surface area contributed by atoms with E-state index in [-0.39, 0.29) is 5.52 Å². The van der Waals surface area contributed by atoms with Crippen LogP contribution in [0.3, 0.4) is 0 Å². The average Bonchev–Trinajstić information content (AvgIpc) is 2.58. The highest BCUT2D eigenvalue weighted by molar-refractivity contribution is 5.74.